The van der Waals surface area contributed by atoms with E-state index in [9.17, 15) is 9.59 Å². The fraction of sp³-hybridized carbons (Fsp3) is 0.429. The van der Waals surface area contributed by atoms with Crippen LogP contribution in [0.3, 0.4) is 0 Å². The molecule has 1 atom stereocenters. The van der Waals surface area contributed by atoms with E-state index in [1.165, 1.54) is 24.6 Å². The van der Waals surface area contributed by atoms with Gasteiger partial charge in [-0.05, 0) is 37.0 Å². The average molecular weight is 311 g/mol. The summed E-state index contributed by atoms with van der Waals surface area (Å²) in [6.07, 6.45) is 2.62. The minimum absolute atomic E-state index is 0.0537. The Balaban J connectivity index is 1.61. The van der Waals surface area contributed by atoms with E-state index in [0.717, 1.165) is 17.1 Å². The summed E-state index contributed by atoms with van der Waals surface area (Å²) in [7, 11) is 0. The molecule has 6 heteroatoms. The minimum atomic E-state index is -0.372. The summed E-state index contributed by atoms with van der Waals surface area (Å²) in [4.78, 5) is 24.8. The van der Waals surface area contributed by atoms with Crippen LogP contribution in [0, 0.1) is 5.92 Å². The van der Waals surface area contributed by atoms with Crippen molar-refractivity contribution in [3.05, 3.63) is 23.2 Å². The molecule has 0 aromatic heterocycles. The molecule has 0 saturated heterocycles. The molecule has 1 aliphatic carbocycles. The van der Waals surface area contributed by atoms with E-state index in [4.69, 9.17) is 11.6 Å². The lowest BCUT2D eigenvalue weighted by Crippen LogP contribution is -2.35. The zero-order valence-corrected chi connectivity index (χ0v) is 12.4. The SMILES string of the molecule is O=C(CC1Sc2ccc(Cl)cc2NC1=O)NCC1CC1. The molecule has 1 fully saturated rings. The second-order valence-corrected chi connectivity index (χ2v) is 6.87. The summed E-state index contributed by atoms with van der Waals surface area (Å²) in [5, 5.41) is 5.92. The van der Waals surface area contributed by atoms with E-state index in [1.54, 1.807) is 12.1 Å². The van der Waals surface area contributed by atoms with E-state index < -0.39 is 0 Å². The van der Waals surface area contributed by atoms with E-state index in [-0.39, 0.29) is 23.5 Å². The molecule has 4 nitrogen and oxygen atoms in total. The summed E-state index contributed by atoms with van der Waals surface area (Å²) in [5.41, 5.74) is 0.724. The Morgan fingerprint density at radius 2 is 2.25 bits per heavy atom. The van der Waals surface area contributed by atoms with Gasteiger partial charge in [-0.3, -0.25) is 9.59 Å². The number of anilines is 1. The van der Waals surface area contributed by atoms with Crippen LogP contribution in [-0.4, -0.2) is 23.6 Å². The molecule has 2 aliphatic rings. The van der Waals surface area contributed by atoms with Crippen LogP contribution in [0.25, 0.3) is 0 Å². The van der Waals surface area contributed by atoms with Crippen LogP contribution in [0.1, 0.15) is 19.3 Å². The van der Waals surface area contributed by atoms with Gasteiger partial charge in [-0.1, -0.05) is 11.6 Å². The summed E-state index contributed by atoms with van der Waals surface area (Å²) in [5.74, 6) is 0.461. The number of hydrogen-bond donors (Lipinski definition) is 2. The lowest BCUT2D eigenvalue weighted by molar-refractivity contribution is -0.124. The highest BCUT2D eigenvalue weighted by Crippen LogP contribution is 2.38. The lowest BCUT2D eigenvalue weighted by Gasteiger charge is -2.23. The fourth-order valence-electron chi connectivity index (χ4n) is 2.08. The molecule has 1 aromatic rings. The molecule has 20 heavy (non-hydrogen) atoms. The number of carbonyl (C=O) groups is 2. The van der Waals surface area contributed by atoms with Gasteiger partial charge in [0, 0.05) is 22.9 Å². The average Bonchev–Trinajstić information content (AvgIpc) is 3.22. The first-order chi connectivity index (χ1) is 9.61. The molecule has 1 unspecified atom stereocenters. The zero-order chi connectivity index (χ0) is 14.1. The molecule has 106 valence electrons. The van der Waals surface area contributed by atoms with Crippen molar-refractivity contribution in [1.29, 1.82) is 0 Å². The topological polar surface area (TPSA) is 58.2 Å². The number of thioether (sulfide) groups is 1. The number of hydrogen-bond acceptors (Lipinski definition) is 3. The number of carbonyl (C=O) groups excluding carboxylic acids is 2. The summed E-state index contributed by atoms with van der Waals surface area (Å²) in [6, 6.07) is 5.39. The van der Waals surface area contributed by atoms with Crippen LogP contribution in [0.2, 0.25) is 5.02 Å². The van der Waals surface area contributed by atoms with Gasteiger partial charge in [0.15, 0.2) is 0 Å². The number of fused-ring (bicyclic) bond motifs is 1. The molecule has 3 rings (SSSR count). The lowest BCUT2D eigenvalue weighted by atomic mass is 10.2. The van der Waals surface area contributed by atoms with Gasteiger partial charge >= 0.3 is 0 Å². The van der Waals surface area contributed by atoms with Gasteiger partial charge in [0.1, 0.15) is 0 Å². The first kappa shape index (κ1) is 13.8. The number of nitrogens with one attached hydrogen (secondary N) is 2. The van der Waals surface area contributed by atoms with Crippen LogP contribution < -0.4 is 10.6 Å². The Morgan fingerprint density at radius 3 is 3.00 bits per heavy atom. The van der Waals surface area contributed by atoms with E-state index in [1.807, 2.05) is 6.07 Å². The third kappa shape index (κ3) is 3.27. The van der Waals surface area contributed by atoms with Gasteiger partial charge in [0.25, 0.3) is 0 Å². The maximum absolute atomic E-state index is 12.0. The molecule has 1 aliphatic heterocycles. The molecule has 2 N–H and O–H groups in total. The van der Waals surface area contributed by atoms with Crippen molar-refractivity contribution < 1.29 is 9.59 Å². The van der Waals surface area contributed by atoms with Gasteiger partial charge in [0.05, 0.1) is 10.9 Å². The van der Waals surface area contributed by atoms with Gasteiger partial charge in [-0.25, -0.2) is 0 Å². The normalized spacial score (nSPS) is 21.1. The van der Waals surface area contributed by atoms with Crippen LogP contribution in [0.4, 0.5) is 5.69 Å². The predicted molar refractivity (Wildman–Crippen MR) is 80.1 cm³/mol. The molecule has 0 radical (unpaired) electrons. The van der Waals surface area contributed by atoms with Crippen molar-refractivity contribution in [2.24, 2.45) is 5.92 Å². The van der Waals surface area contributed by atoms with E-state index in [2.05, 4.69) is 10.6 Å². The van der Waals surface area contributed by atoms with Crippen LogP contribution in [0.15, 0.2) is 23.1 Å². The Labute approximate surface area is 126 Å². The first-order valence-corrected chi connectivity index (χ1v) is 7.91. The molecule has 1 aromatic carbocycles. The second kappa shape index (κ2) is 5.66. The molecule has 1 saturated carbocycles. The molecule has 0 spiro atoms. The van der Waals surface area contributed by atoms with Gasteiger partial charge in [0.2, 0.25) is 11.8 Å². The highest BCUT2D eigenvalue weighted by molar-refractivity contribution is 8.01. The van der Waals surface area contributed by atoms with Gasteiger partial charge in [-0.15, -0.1) is 11.8 Å². The third-order valence-corrected chi connectivity index (χ3v) is 4.93. The highest BCUT2D eigenvalue weighted by atomic mass is 35.5. The van der Waals surface area contributed by atoms with Crippen LogP contribution in [-0.2, 0) is 9.59 Å². The number of halogens is 1. The van der Waals surface area contributed by atoms with Crippen molar-refractivity contribution in [2.75, 3.05) is 11.9 Å². The Kier molecular flexibility index (Phi) is 3.89. The minimum Gasteiger partial charge on any atom is -0.356 e. The fourth-order valence-corrected chi connectivity index (χ4v) is 3.34. The van der Waals surface area contributed by atoms with Crippen molar-refractivity contribution in [3.8, 4) is 0 Å². The zero-order valence-electron chi connectivity index (χ0n) is 10.8. The second-order valence-electron chi connectivity index (χ2n) is 5.19. The quantitative estimate of drug-likeness (QED) is 0.899. The Morgan fingerprint density at radius 1 is 1.45 bits per heavy atom. The maximum atomic E-state index is 12.0. The number of benzene rings is 1. The monoisotopic (exact) mass is 310 g/mol. The van der Waals surface area contributed by atoms with Crippen molar-refractivity contribution in [2.45, 2.75) is 29.4 Å². The van der Waals surface area contributed by atoms with Crippen LogP contribution in [0.5, 0.6) is 0 Å². The van der Waals surface area contributed by atoms with E-state index in [0.29, 0.717) is 10.9 Å². The van der Waals surface area contributed by atoms with Crippen molar-refractivity contribution in [3.63, 3.8) is 0 Å². The smallest absolute Gasteiger partial charge is 0.238 e. The molecule has 1 heterocycles. The molecular weight excluding hydrogens is 296 g/mol. The van der Waals surface area contributed by atoms with Gasteiger partial charge in [-0.2, -0.15) is 0 Å². The molecule has 0 bridgehead atoms. The van der Waals surface area contributed by atoms with Crippen molar-refractivity contribution >= 4 is 40.9 Å². The van der Waals surface area contributed by atoms with Gasteiger partial charge < -0.3 is 10.6 Å². The Hall–Kier alpha value is -1.20. The molecule has 2 amide bonds. The maximum Gasteiger partial charge on any atom is 0.238 e. The summed E-state index contributed by atoms with van der Waals surface area (Å²) in [6.45, 7) is 0.740. The summed E-state index contributed by atoms with van der Waals surface area (Å²) < 4.78 is 0. The predicted octanol–water partition coefficient (Wildman–Crippen LogP) is 2.67. The largest absolute Gasteiger partial charge is 0.356 e. The molecular formula is C14H15ClN2O2S. The third-order valence-electron chi connectivity index (χ3n) is 3.42. The number of amides is 2. The first-order valence-electron chi connectivity index (χ1n) is 6.65. The van der Waals surface area contributed by atoms with Crippen LogP contribution >= 0.6 is 23.4 Å². The standard InChI is InChI=1S/C14H15ClN2O2S/c15-9-3-4-11-10(5-9)17-14(19)12(20-11)6-13(18)16-7-8-1-2-8/h3-5,8,12H,1-2,6-7H2,(H,16,18)(H,17,19). The summed E-state index contributed by atoms with van der Waals surface area (Å²) >= 11 is 7.32. The van der Waals surface area contributed by atoms with E-state index >= 15 is 0 Å². The van der Waals surface area contributed by atoms with Crippen molar-refractivity contribution in [1.82, 2.24) is 5.32 Å². The number of rotatable bonds is 4. The Bertz CT molecular complexity index is 560. The highest BCUT2D eigenvalue weighted by Gasteiger charge is 2.29.